The Balaban J connectivity index is 1.47. The molecule has 0 bridgehead atoms. The van der Waals surface area contributed by atoms with Gasteiger partial charge in [-0.1, -0.05) is 78.9 Å². The van der Waals surface area contributed by atoms with Crippen LogP contribution in [-0.2, 0) is 19.5 Å². The number of carbonyl (C=O) groups excluding carboxylic acids is 1. The minimum absolute atomic E-state index is 0.477. The number of nitrogens with one attached hydrogen (secondary N) is 1. The van der Waals surface area contributed by atoms with Crippen molar-refractivity contribution < 1.29 is 10.0 Å². The Labute approximate surface area is 199 Å². The van der Waals surface area contributed by atoms with E-state index in [4.69, 9.17) is 5.21 Å². The van der Waals surface area contributed by atoms with Crippen LogP contribution in [0.5, 0.6) is 0 Å². The van der Waals surface area contributed by atoms with E-state index in [2.05, 4.69) is 89.8 Å². The van der Waals surface area contributed by atoms with Crippen molar-refractivity contribution in [1.82, 2.24) is 10.4 Å². The summed E-state index contributed by atoms with van der Waals surface area (Å²) in [5.41, 5.74) is 6.71. The molecule has 1 amide bonds. The molecule has 0 fully saturated rings. The van der Waals surface area contributed by atoms with E-state index in [1.165, 1.54) is 28.0 Å². The summed E-state index contributed by atoms with van der Waals surface area (Å²) in [5.74, 6) is -0.477. The first kappa shape index (κ1) is 22.9. The monoisotopic (exact) mass is 456 g/mol. The van der Waals surface area contributed by atoms with Crippen LogP contribution in [0.2, 0.25) is 0 Å². The van der Waals surface area contributed by atoms with Crippen molar-refractivity contribution in [2.45, 2.75) is 25.9 Å². The SMILES string of the molecule is O=C(NO)c1ccc(-c2cccc(CN(CCCc3ccccc3)Cc3ccccc3)c2)s1. The highest BCUT2D eigenvalue weighted by Gasteiger charge is 2.11. The maximum absolute atomic E-state index is 11.7. The number of thiophene rings is 1. The van der Waals surface area contributed by atoms with Gasteiger partial charge in [-0.2, -0.15) is 0 Å². The quantitative estimate of drug-likeness (QED) is 0.222. The molecule has 33 heavy (non-hydrogen) atoms. The number of carbonyl (C=O) groups is 1. The van der Waals surface area contributed by atoms with Gasteiger partial charge in [-0.3, -0.25) is 14.9 Å². The van der Waals surface area contributed by atoms with Gasteiger partial charge >= 0.3 is 0 Å². The van der Waals surface area contributed by atoms with Gasteiger partial charge in [0.25, 0.3) is 5.91 Å². The zero-order valence-corrected chi connectivity index (χ0v) is 19.3. The molecule has 0 atom stereocenters. The van der Waals surface area contributed by atoms with E-state index in [0.29, 0.717) is 4.88 Å². The highest BCUT2D eigenvalue weighted by molar-refractivity contribution is 7.17. The third-order valence-electron chi connectivity index (χ3n) is 5.58. The van der Waals surface area contributed by atoms with E-state index in [-0.39, 0.29) is 0 Å². The maximum Gasteiger partial charge on any atom is 0.284 e. The molecule has 0 radical (unpaired) electrons. The summed E-state index contributed by atoms with van der Waals surface area (Å²) in [6.45, 7) is 2.76. The van der Waals surface area contributed by atoms with Crippen molar-refractivity contribution in [1.29, 1.82) is 0 Å². The van der Waals surface area contributed by atoms with E-state index in [1.54, 1.807) is 11.5 Å². The van der Waals surface area contributed by atoms with Crippen molar-refractivity contribution in [3.63, 3.8) is 0 Å². The number of nitrogens with zero attached hydrogens (tertiary/aromatic N) is 1. The van der Waals surface area contributed by atoms with Crippen LogP contribution in [-0.4, -0.2) is 22.6 Å². The third-order valence-corrected chi connectivity index (χ3v) is 6.71. The molecule has 5 heteroatoms. The van der Waals surface area contributed by atoms with E-state index in [0.717, 1.165) is 42.9 Å². The standard InChI is InChI=1S/C28H28N2O2S/c31-28(29-32)27-17-16-26(33-27)25-15-7-13-24(19-25)21-30(20-23-11-5-2-6-12-23)18-8-14-22-9-3-1-4-10-22/h1-7,9-13,15-17,19,32H,8,14,18,20-21H2,(H,29,31). The summed E-state index contributed by atoms with van der Waals surface area (Å²) in [4.78, 5) is 15.7. The minimum atomic E-state index is -0.477. The molecule has 0 spiro atoms. The van der Waals surface area contributed by atoms with Crippen LogP contribution in [0.4, 0.5) is 0 Å². The molecule has 1 heterocycles. The molecule has 0 saturated heterocycles. The largest absolute Gasteiger partial charge is 0.295 e. The predicted octanol–water partition coefficient (Wildman–Crippen LogP) is 6.17. The number of hydrogen-bond donors (Lipinski definition) is 2. The number of hydroxylamine groups is 1. The van der Waals surface area contributed by atoms with E-state index in [1.807, 2.05) is 6.07 Å². The lowest BCUT2D eigenvalue weighted by Gasteiger charge is -2.23. The molecule has 1 aromatic heterocycles. The summed E-state index contributed by atoms with van der Waals surface area (Å²) in [6.07, 6.45) is 2.16. The zero-order valence-electron chi connectivity index (χ0n) is 18.5. The Morgan fingerprint density at radius 3 is 2.18 bits per heavy atom. The van der Waals surface area contributed by atoms with Gasteiger partial charge in [-0.05, 0) is 59.8 Å². The lowest BCUT2D eigenvalue weighted by atomic mass is 10.1. The van der Waals surface area contributed by atoms with Crippen molar-refractivity contribution >= 4 is 17.2 Å². The summed E-state index contributed by atoms with van der Waals surface area (Å²) in [5, 5.41) is 8.88. The van der Waals surface area contributed by atoms with Gasteiger partial charge in [0.2, 0.25) is 0 Å². The molecule has 0 aliphatic heterocycles. The van der Waals surface area contributed by atoms with Crippen molar-refractivity contribution in [2.24, 2.45) is 0 Å². The summed E-state index contributed by atoms with van der Waals surface area (Å²) >= 11 is 1.37. The van der Waals surface area contributed by atoms with Crippen LogP contribution in [0.1, 0.15) is 32.8 Å². The fraction of sp³-hybridized carbons (Fsp3) is 0.179. The lowest BCUT2D eigenvalue weighted by Crippen LogP contribution is -2.24. The fourth-order valence-corrected chi connectivity index (χ4v) is 4.85. The highest BCUT2D eigenvalue weighted by Crippen LogP contribution is 2.29. The molecule has 4 aromatic rings. The van der Waals surface area contributed by atoms with Crippen LogP contribution >= 0.6 is 11.3 Å². The number of rotatable bonds is 10. The van der Waals surface area contributed by atoms with Crippen molar-refractivity contribution in [2.75, 3.05) is 6.54 Å². The smallest absolute Gasteiger partial charge is 0.284 e. The molecule has 0 aliphatic carbocycles. The molecule has 3 aromatic carbocycles. The average Bonchev–Trinajstić information content (AvgIpc) is 3.35. The van der Waals surface area contributed by atoms with Gasteiger partial charge in [-0.25, -0.2) is 5.48 Å². The second kappa shape index (κ2) is 11.6. The van der Waals surface area contributed by atoms with Gasteiger partial charge in [0.1, 0.15) is 0 Å². The predicted molar refractivity (Wildman–Crippen MR) is 134 cm³/mol. The highest BCUT2D eigenvalue weighted by atomic mass is 32.1. The Morgan fingerprint density at radius 1 is 0.788 bits per heavy atom. The van der Waals surface area contributed by atoms with Crippen LogP contribution in [0.3, 0.4) is 0 Å². The topological polar surface area (TPSA) is 52.6 Å². The van der Waals surface area contributed by atoms with Gasteiger partial charge in [0.15, 0.2) is 0 Å². The summed E-state index contributed by atoms with van der Waals surface area (Å²) in [7, 11) is 0. The molecular weight excluding hydrogens is 428 g/mol. The van der Waals surface area contributed by atoms with Crippen LogP contribution in [0.25, 0.3) is 10.4 Å². The van der Waals surface area contributed by atoms with Crippen LogP contribution in [0.15, 0.2) is 97.1 Å². The molecule has 2 N–H and O–H groups in total. The number of aryl methyl sites for hydroxylation is 1. The number of benzene rings is 3. The summed E-state index contributed by atoms with van der Waals surface area (Å²) in [6, 6.07) is 33.4. The van der Waals surface area contributed by atoms with Gasteiger partial charge in [0, 0.05) is 18.0 Å². The second-order valence-electron chi connectivity index (χ2n) is 8.09. The first-order valence-corrected chi connectivity index (χ1v) is 12.0. The molecule has 0 saturated carbocycles. The normalized spacial score (nSPS) is 11.0. The Bertz CT molecular complexity index is 1160. The molecule has 4 nitrogen and oxygen atoms in total. The zero-order chi connectivity index (χ0) is 22.9. The summed E-state index contributed by atoms with van der Waals surface area (Å²) < 4.78 is 0. The molecule has 0 unspecified atom stereocenters. The van der Waals surface area contributed by atoms with Gasteiger partial charge in [0.05, 0.1) is 4.88 Å². The second-order valence-corrected chi connectivity index (χ2v) is 9.17. The van der Waals surface area contributed by atoms with E-state index < -0.39 is 5.91 Å². The number of hydrogen-bond acceptors (Lipinski definition) is 4. The van der Waals surface area contributed by atoms with Crippen molar-refractivity contribution in [3.8, 4) is 10.4 Å². The Morgan fingerprint density at radius 2 is 1.45 bits per heavy atom. The Hall–Kier alpha value is -3.25. The van der Waals surface area contributed by atoms with E-state index >= 15 is 0 Å². The molecule has 0 aliphatic rings. The molecular formula is C28H28N2O2S. The van der Waals surface area contributed by atoms with Crippen LogP contribution in [0, 0.1) is 0 Å². The number of amides is 1. The molecule has 168 valence electrons. The van der Waals surface area contributed by atoms with Crippen LogP contribution < -0.4 is 5.48 Å². The van der Waals surface area contributed by atoms with Crippen molar-refractivity contribution in [3.05, 3.63) is 119 Å². The van der Waals surface area contributed by atoms with Gasteiger partial charge < -0.3 is 0 Å². The van der Waals surface area contributed by atoms with E-state index in [9.17, 15) is 4.79 Å². The lowest BCUT2D eigenvalue weighted by molar-refractivity contribution is 0.0711. The maximum atomic E-state index is 11.7. The first-order valence-electron chi connectivity index (χ1n) is 11.1. The van der Waals surface area contributed by atoms with Gasteiger partial charge in [-0.15, -0.1) is 11.3 Å². The minimum Gasteiger partial charge on any atom is -0.295 e. The average molecular weight is 457 g/mol. The fourth-order valence-electron chi connectivity index (χ4n) is 3.96. The first-order chi connectivity index (χ1) is 16.2. The third kappa shape index (κ3) is 6.62. The molecule has 4 rings (SSSR count). The Kier molecular flexibility index (Phi) is 8.04.